The number of imide groups is 1. The van der Waals surface area contributed by atoms with E-state index in [2.05, 4.69) is 15.0 Å². The van der Waals surface area contributed by atoms with E-state index in [1.54, 1.807) is 24.3 Å². The quantitative estimate of drug-likeness (QED) is 0.395. The van der Waals surface area contributed by atoms with Gasteiger partial charge in [0.05, 0.1) is 6.04 Å². The number of nitrogens with zero attached hydrogens (tertiary/aromatic N) is 2. The Morgan fingerprint density at radius 3 is 2.17 bits per heavy atom. The first-order chi connectivity index (χ1) is 19.1. The minimum atomic E-state index is -4.09. The smallest absolute Gasteiger partial charge is 0.242 e. The van der Waals surface area contributed by atoms with Gasteiger partial charge in [0.15, 0.2) is 0 Å². The van der Waals surface area contributed by atoms with Crippen LogP contribution in [0.4, 0.5) is 5.82 Å². The number of rotatable bonds is 9. The van der Waals surface area contributed by atoms with Crippen LogP contribution in [-0.2, 0) is 24.4 Å². The van der Waals surface area contributed by atoms with Crippen LogP contribution in [0.3, 0.4) is 0 Å². The van der Waals surface area contributed by atoms with Crippen molar-refractivity contribution in [1.82, 2.24) is 15.0 Å². The molecular weight excluding hydrogens is 530 g/mol. The Morgan fingerprint density at radius 2 is 1.60 bits per heavy atom. The monoisotopic (exact) mass is 565 g/mol. The van der Waals surface area contributed by atoms with Crippen molar-refractivity contribution >= 4 is 33.6 Å². The third-order valence-corrected chi connectivity index (χ3v) is 10.9. The first kappa shape index (κ1) is 27.0. The van der Waals surface area contributed by atoms with E-state index in [0.717, 1.165) is 48.6 Å². The molecule has 0 spiro atoms. The van der Waals surface area contributed by atoms with Crippen LogP contribution in [-0.4, -0.2) is 43.2 Å². The molecule has 10 nitrogen and oxygen atoms in total. The van der Waals surface area contributed by atoms with Gasteiger partial charge in [-0.3, -0.25) is 14.4 Å². The molecule has 4 saturated carbocycles. The minimum absolute atomic E-state index is 0.0888. The summed E-state index contributed by atoms with van der Waals surface area (Å²) in [6, 6.07) is 10.8. The van der Waals surface area contributed by atoms with E-state index in [-0.39, 0.29) is 47.7 Å². The van der Waals surface area contributed by atoms with Crippen LogP contribution in [0.25, 0.3) is 0 Å². The summed E-state index contributed by atoms with van der Waals surface area (Å²) in [6.45, 7) is 0.397. The second kappa shape index (κ2) is 10.4. The second-order valence-electron chi connectivity index (χ2n) is 12.0. The number of carbonyl (C=O) groups excluding carboxylic acids is 3. The van der Waals surface area contributed by atoms with E-state index in [1.165, 1.54) is 18.6 Å². The molecule has 11 heteroatoms. The fraction of sp³-hybridized carbons (Fsp3) is 0.517. The van der Waals surface area contributed by atoms with Gasteiger partial charge in [0, 0.05) is 37.5 Å². The molecule has 5 fully saturated rings. The number of hydrogen-bond donors (Lipinski definition) is 3. The highest BCUT2D eigenvalue weighted by molar-refractivity contribution is 7.89. The minimum Gasteiger partial charge on any atom is -0.354 e. The molecule has 3 amide bonds. The number of hydrogen-bond acceptors (Lipinski definition) is 7. The molecule has 1 aliphatic heterocycles. The third-order valence-electron chi connectivity index (χ3n) is 9.45. The van der Waals surface area contributed by atoms with Gasteiger partial charge in [0.2, 0.25) is 27.7 Å². The number of nitrogens with two attached hydrogens (primary N) is 1. The van der Waals surface area contributed by atoms with E-state index < -0.39 is 21.6 Å². The summed E-state index contributed by atoms with van der Waals surface area (Å²) in [4.78, 5) is 42.1. The predicted molar refractivity (Wildman–Crippen MR) is 147 cm³/mol. The maximum Gasteiger partial charge on any atom is 0.242 e. The average Bonchev–Trinajstić information content (AvgIpc) is 3.28. The molecule has 0 radical (unpaired) electrons. The highest BCUT2D eigenvalue weighted by Gasteiger charge is 2.55. The molecule has 2 aromatic rings. The largest absolute Gasteiger partial charge is 0.354 e. The van der Waals surface area contributed by atoms with E-state index >= 15 is 0 Å². The lowest BCUT2D eigenvalue weighted by Crippen LogP contribution is -2.67. The van der Waals surface area contributed by atoms with E-state index in [1.807, 2.05) is 6.07 Å². The molecule has 4 bridgehead atoms. The second-order valence-corrected chi connectivity index (χ2v) is 13.7. The molecule has 0 unspecified atom stereocenters. The molecule has 1 atom stereocenters. The fourth-order valence-corrected chi connectivity index (χ4v) is 8.69. The number of carbonyl (C=O) groups is 3. The van der Waals surface area contributed by atoms with Gasteiger partial charge in [-0.2, -0.15) is 0 Å². The van der Waals surface area contributed by atoms with Crippen molar-refractivity contribution in [2.45, 2.75) is 67.8 Å². The SMILES string of the molecule is NC1(CNC(=O)C[C@@H](NS(=O)(=O)c2ccc(N3C(=O)CCC3=O)nc2)c2ccccc2)C2CC3CC(C2)CC1C3. The number of amides is 3. The van der Waals surface area contributed by atoms with E-state index in [0.29, 0.717) is 23.9 Å². The summed E-state index contributed by atoms with van der Waals surface area (Å²) in [5.41, 5.74) is 7.20. The van der Waals surface area contributed by atoms with Gasteiger partial charge in [-0.05, 0) is 73.5 Å². The molecule has 40 heavy (non-hydrogen) atoms. The summed E-state index contributed by atoms with van der Waals surface area (Å²) < 4.78 is 29.3. The van der Waals surface area contributed by atoms with Gasteiger partial charge < -0.3 is 11.1 Å². The number of nitrogens with one attached hydrogen (secondary N) is 2. The fourth-order valence-electron chi connectivity index (χ4n) is 7.52. The first-order valence-corrected chi connectivity index (χ1v) is 15.6. The Labute approximate surface area is 234 Å². The molecule has 5 aliphatic rings. The van der Waals surface area contributed by atoms with Gasteiger partial charge in [0.25, 0.3) is 0 Å². The maximum absolute atomic E-state index is 13.3. The number of anilines is 1. The Kier molecular flexibility index (Phi) is 7.00. The molecule has 4 aliphatic carbocycles. The zero-order valence-corrected chi connectivity index (χ0v) is 23.1. The Hall–Kier alpha value is -3.15. The highest BCUT2D eigenvalue weighted by atomic mass is 32.2. The third kappa shape index (κ3) is 5.06. The molecule has 1 saturated heterocycles. The lowest BCUT2D eigenvalue weighted by Gasteiger charge is -2.59. The van der Waals surface area contributed by atoms with Gasteiger partial charge >= 0.3 is 0 Å². The number of aromatic nitrogens is 1. The van der Waals surface area contributed by atoms with Crippen LogP contribution in [0.1, 0.15) is 63.0 Å². The van der Waals surface area contributed by atoms with Crippen molar-refractivity contribution in [3.63, 3.8) is 0 Å². The molecule has 212 valence electrons. The lowest BCUT2D eigenvalue weighted by molar-refractivity contribution is -0.123. The van der Waals surface area contributed by atoms with Crippen molar-refractivity contribution in [2.24, 2.45) is 29.4 Å². The van der Waals surface area contributed by atoms with Gasteiger partial charge in [-0.1, -0.05) is 30.3 Å². The van der Waals surface area contributed by atoms with Gasteiger partial charge in [-0.25, -0.2) is 23.0 Å². The van der Waals surface area contributed by atoms with Crippen LogP contribution in [0.5, 0.6) is 0 Å². The first-order valence-electron chi connectivity index (χ1n) is 14.1. The van der Waals surface area contributed by atoms with Crippen LogP contribution < -0.4 is 20.7 Å². The van der Waals surface area contributed by atoms with Crippen LogP contribution in [0.2, 0.25) is 0 Å². The molecular formula is C29H35N5O5S. The van der Waals surface area contributed by atoms with Crippen molar-refractivity contribution in [3.05, 3.63) is 54.2 Å². The molecule has 7 rings (SSSR count). The lowest BCUT2D eigenvalue weighted by atomic mass is 9.49. The highest BCUT2D eigenvalue weighted by Crippen LogP contribution is 2.57. The Bertz CT molecular complexity index is 1370. The van der Waals surface area contributed by atoms with Gasteiger partial charge in [-0.15, -0.1) is 0 Å². The van der Waals surface area contributed by atoms with E-state index in [4.69, 9.17) is 5.73 Å². The van der Waals surface area contributed by atoms with Crippen molar-refractivity contribution in [1.29, 1.82) is 0 Å². The van der Waals surface area contributed by atoms with Crippen LogP contribution in [0.15, 0.2) is 53.6 Å². The summed E-state index contributed by atoms with van der Waals surface area (Å²) in [5, 5.41) is 3.04. The summed E-state index contributed by atoms with van der Waals surface area (Å²) in [6.07, 6.45) is 7.11. The normalized spacial score (nSPS) is 30.1. The number of benzene rings is 1. The van der Waals surface area contributed by atoms with Gasteiger partial charge in [0.1, 0.15) is 10.7 Å². The van der Waals surface area contributed by atoms with Crippen molar-refractivity contribution in [2.75, 3.05) is 11.4 Å². The number of pyridine rings is 1. The van der Waals surface area contributed by atoms with Crippen molar-refractivity contribution < 1.29 is 22.8 Å². The van der Waals surface area contributed by atoms with Crippen molar-refractivity contribution in [3.8, 4) is 0 Å². The topological polar surface area (TPSA) is 152 Å². The zero-order valence-electron chi connectivity index (χ0n) is 22.3. The van der Waals surface area contributed by atoms with Crippen LogP contribution >= 0.6 is 0 Å². The number of sulfonamides is 1. The maximum atomic E-state index is 13.3. The molecule has 2 heterocycles. The molecule has 1 aromatic carbocycles. The molecule has 4 N–H and O–H groups in total. The van der Waals surface area contributed by atoms with Crippen LogP contribution in [0, 0.1) is 23.7 Å². The zero-order chi connectivity index (χ0) is 28.1. The van der Waals surface area contributed by atoms with E-state index in [9.17, 15) is 22.8 Å². The Balaban J connectivity index is 1.15. The predicted octanol–water partition coefficient (Wildman–Crippen LogP) is 2.41. The average molecular weight is 566 g/mol. The summed E-state index contributed by atoms with van der Waals surface area (Å²) in [5.74, 6) is 1.48. The molecule has 1 aromatic heterocycles. The summed E-state index contributed by atoms with van der Waals surface area (Å²) >= 11 is 0. The summed E-state index contributed by atoms with van der Waals surface area (Å²) in [7, 11) is -4.09. The Morgan fingerprint density at radius 1 is 0.975 bits per heavy atom. The standard InChI is InChI=1S/C29H35N5O5S/c30-29(21-11-18-10-19(13-21)14-22(29)12-18)17-32-26(35)15-24(20-4-2-1-3-5-20)33-40(38,39)23-6-7-25(31-16-23)34-27(36)8-9-28(34)37/h1-7,16,18-19,21-22,24,33H,8-15,17,30H2,(H,32,35)/t18?,19?,21?,22?,24-,29?/m1/s1.